The zero-order chi connectivity index (χ0) is 13.8. The number of rotatable bonds is 5. The summed E-state index contributed by atoms with van der Waals surface area (Å²) in [6.07, 6.45) is 1.75. The van der Waals surface area contributed by atoms with Gasteiger partial charge in [0.25, 0.3) is 5.91 Å². The van der Waals surface area contributed by atoms with Gasteiger partial charge in [-0.3, -0.25) is 9.89 Å². The first-order chi connectivity index (χ1) is 9.15. The first-order valence-electron chi connectivity index (χ1n) is 6.34. The van der Waals surface area contributed by atoms with Gasteiger partial charge in [-0.15, -0.1) is 11.3 Å². The predicted molar refractivity (Wildman–Crippen MR) is 77.2 cm³/mol. The largest absolute Gasteiger partial charge is 0.395 e. The Hall–Kier alpha value is -1.82. The quantitative estimate of drug-likeness (QED) is 0.783. The standard InChI is InChI=1S/C13H18N4OS/c1-3-8-5-6-9(19-8)7-15-13(18)12-11(14)10(4-2)16-17-12/h5-6H,3-4,7,14H2,1-2H3,(H,15,18)(H,16,17). The number of aromatic amines is 1. The average molecular weight is 278 g/mol. The second-order valence-electron chi connectivity index (χ2n) is 4.22. The Morgan fingerprint density at radius 2 is 2.11 bits per heavy atom. The first kappa shape index (κ1) is 13.6. The van der Waals surface area contributed by atoms with Crippen LogP contribution in [0.2, 0.25) is 0 Å². The zero-order valence-corrected chi connectivity index (χ0v) is 11.9. The third kappa shape index (κ3) is 2.96. The Balaban J connectivity index is 1.99. The number of hydrogen-bond acceptors (Lipinski definition) is 4. The van der Waals surface area contributed by atoms with E-state index in [1.165, 1.54) is 4.88 Å². The van der Waals surface area contributed by atoms with Gasteiger partial charge >= 0.3 is 0 Å². The Kier molecular flexibility index (Phi) is 4.21. The minimum Gasteiger partial charge on any atom is -0.395 e. The Morgan fingerprint density at radius 1 is 1.37 bits per heavy atom. The number of aromatic nitrogens is 2. The number of thiophene rings is 1. The molecule has 2 rings (SSSR count). The molecule has 0 saturated carbocycles. The van der Waals surface area contributed by atoms with E-state index in [1.807, 2.05) is 13.0 Å². The van der Waals surface area contributed by atoms with Gasteiger partial charge in [-0.2, -0.15) is 5.10 Å². The van der Waals surface area contributed by atoms with Crippen LogP contribution in [-0.2, 0) is 19.4 Å². The van der Waals surface area contributed by atoms with Gasteiger partial charge in [-0.05, 0) is 25.0 Å². The number of aryl methyl sites for hydroxylation is 2. The number of nitrogens with zero attached hydrogens (tertiary/aromatic N) is 1. The molecule has 0 aliphatic heterocycles. The molecule has 0 fully saturated rings. The van der Waals surface area contributed by atoms with E-state index in [1.54, 1.807) is 11.3 Å². The van der Waals surface area contributed by atoms with Crippen molar-refractivity contribution in [3.05, 3.63) is 33.3 Å². The van der Waals surface area contributed by atoms with Crippen LogP contribution in [0.15, 0.2) is 12.1 Å². The lowest BCUT2D eigenvalue weighted by Gasteiger charge is -2.02. The number of carbonyl (C=O) groups is 1. The highest BCUT2D eigenvalue weighted by molar-refractivity contribution is 7.11. The number of amides is 1. The highest BCUT2D eigenvalue weighted by Crippen LogP contribution is 2.17. The smallest absolute Gasteiger partial charge is 0.274 e. The molecule has 0 aromatic carbocycles. The second-order valence-corrected chi connectivity index (χ2v) is 5.48. The molecule has 5 nitrogen and oxygen atoms in total. The molecule has 0 aliphatic rings. The third-order valence-corrected chi connectivity index (χ3v) is 4.17. The molecule has 0 spiro atoms. The minimum absolute atomic E-state index is 0.236. The maximum absolute atomic E-state index is 12.0. The van der Waals surface area contributed by atoms with Gasteiger partial charge in [-0.25, -0.2) is 0 Å². The topological polar surface area (TPSA) is 83.8 Å². The van der Waals surface area contributed by atoms with E-state index in [-0.39, 0.29) is 11.6 Å². The number of carbonyl (C=O) groups excluding carboxylic acids is 1. The first-order valence-corrected chi connectivity index (χ1v) is 7.15. The fourth-order valence-corrected chi connectivity index (χ4v) is 2.69. The van der Waals surface area contributed by atoms with Crippen molar-refractivity contribution in [2.45, 2.75) is 33.2 Å². The number of hydrogen-bond donors (Lipinski definition) is 3. The van der Waals surface area contributed by atoms with Crippen LogP contribution >= 0.6 is 11.3 Å². The Bertz CT molecular complexity index is 573. The molecule has 1 amide bonds. The lowest BCUT2D eigenvalue weighted by molar-refractivity contribution is 0.0947. The highest BCUT2D eigenvalue weighted by atomic mass is 32.1. The lowest BCUT2D eigenvalue weighted by Crippen LogP contribution is -2.23. The van der Waals surface area contributed by atoms with Crippen LogP contribution in [-0.4, -0.2) is 16.1 Å². The van der Waals surface area contributed by atoms with Crippen molar-refractivity contribution >= 4 is 22.9 Å². The van der Waals surface area contributed by atoms with E-state index in [0.29, 0.717) is 12.2 Å². The fourth-order valence-electron chi connectivity index (χ4n) is 1.79. The number of nitrogen functional groups attached to an aromatic ring is 1. The summed E-state index contributed by atoms with van der Waals surface area (Å²) < 4.78 is 0. The van der Waals surface area contributed by atoms with E-state index in [9.17, 15) is 4.79 Å². The van der Waals surface area contributed by atoms with Crippen molar-refractivity contribution in [3.8, 4) is 0 Å². The van der Waals surface area contributed by atoms with Crippen molar-refractivity contribution in [1.29, 1.82) is 0 Å². The van der Waals surface area contributed by atoms with Crippen LogP contribution in [0.1, 0.15) is 39.8 Å². The molecular weight excluding hydrogens is 260 g/mol. The van der Waals surface area contributed by atoms with Crippen molar-refractivity contribution < 1.29 is 4.79 Å². The van der Waals surface area contributed by atoms with E-state index in [4.69, 9.17) is 5.73 Å². The van der Waals surface area contributed by atoms with Crippen LogP contribution in [0, 0.1) is 0 Å². The van der Waals surface area contributed by atoms with Crippen LogP contribution in [0.5, 0.6) is 0 Å². The Labute approximate surface area is 116 Å². The Morgan fingerprint density at radius 3 is 2.68 bits per heavy atom. The number of nitrogens with two attached hydrogens (primary N) is 1. The molecule has 0 unspecified atom stereocenters. The normalized spacial score (nSPS) is 10.6. The molecule has 2 aromatic heterocycles. The van der Waals surface area contributed by atoms with Crippen LogP contribution in [0.3, 0.4) is 0 Å². The molecule has 0 saturated heterocycles. The molecule has 2 heterocycles. The highest BCUT2D eigenvalue weighted by Gasteiger charge is 2.16. The maximum Gasteiger partial charge on any atom is 0.274 e. The molecule has 0 radical (unpaired) electrons. The summed E-state index contributed by atoms with van der Waals surface area (Å²) in [6.45, 7) is 4.59. The molecule has 102 valence electrons. The minimum atomic E-state index is -0.236. The molecule has 0 atom stereocenters. The van der Waals surface area contributed by atoms with E-state index in [2.05, 4.69) is 28.5 Å². The van der Waals surface area contributed by atoms with E-state index < -0.39 is 0 Å². The lowest BCUT2D eigenvalue weighted by atomic mass is 10.2. The number of H-pyrrole nitrogens is 1. The van der Waals surface area contributed by atoms with Crippen molar-refractivity contribution in [2.24, 2.45) is 0 Å². The summed E-state index contributed by atoms with van der Waals surface area (Å²) in [5, 5.41) is 9.58. The molecule has 6 heteroatoms. The summed E-state index contributed by atoms with van der Waals surface area (Å²) in [5.41, 5.74) is 7.38. The molecule has 2 aromatic rings. The summed E-state index contributed by atoms with van der Waals surface area (Å²) in [6, 6.07) is 4.12. The SMILES string of the molecule is CCc1ccc(CNC(=O)c2n[nH]c(CC)c2N)s1. The van der Waals surface area contributed by atoms with Crippen molar-refractivity contribution in [3.63, 3.8) is 0 Å². The van der Waals surface area contributed by atoms with Gasteiger partial charge in [0.1, 0.15) is 0 Å². The second kappa shape index (κ2) is 5.88. The molecular formula is C13H18N4OS. The van der Waals surface area contributed by atoms with Crippen molar-refractivity contribution in [1.82, 2.24) is 15.5 Å². The molecule has 19 heavy (non-hydrogen) atoms. The summed E-state index contributed by atoms with van der Waals surface area (Å²) in [4.78, 5) is 14.4. The van der Waals surface area contributed by atoms with Gasteiger partial charge in [0.05, 0.1) is 17.9 Å². The molecule has 0 bridgehead atoms. The van der Waals surface area contributed by atoms with Crippen LogP contribution < -0.4 is 11.1 Å². The number of nitrogens with one attached hydrogen (secondary N) is 2. The third-order valence-electron chi connectivity index (χ3n) is 2.94. The van der Waals surface area contributed by atoms with Crippen molar-refractivity contribution in [2.75, 3.05) is 5.73 Å². The van der Waals surface area contributed by atoms with Gasteiger partial charge in [0, 0.05) is 9.75 Å². The monoisotopic (exact) mass is 278 g/mol. The maximum atomic E-state index is 12.0. The van der Waals surface area contributed by atoms with E-state index >= 15 is 0 Å². The molecule has 4 N–H and O–H groups in total. The van der Waals surface area contributed by atoms with E-state index in [0.717, 1.165) is 23.4 Å². The fraction of sp³-hybridized carbons (Fsp3) is 0.385. The summed E-state index contributed by atoms with van der Waals surface area (Å²) in [5.74, 6) is -0.236. The van der Waals surface area contributed by atoms with Gasteiger partial charge in [-0.1, -0.05) is 13.8 Å². The van der Waals surface area contributed by atoms with Gasteiger partial charge in [0.2, 0.25) is 0 Å². The van der Waals surface area contributed by atoms with Crippen LogP contribution in [0.4, 0.5) is 5.69 Å². The zero-order valence-electron chi connectivity index (χ0n) is 11.1. The van der Waals surface area contributed by atoms with Crippen LogP contribution in [0.25, 0.3) is 0 Å². The average Bonchev–Trinajstić information content (AvgIpc) is 3.02. The summed E-state index contributed by atoms with van der Waals surface area (Å²) >= 11 is 1.71. The van der Waals surface area contributed by atoms with Gasteiger partial charge < -0.3 is 11.1 Å². The molecule has 0 aliphatic carbocycles. The predicted octanol–water partition coefficient (Wildman–Crippen LogP) is 2.11. The van der Waals surface area contributed by atoms with Gasteiger partial charge in [0.15, 0.2) is 5.69 Å². The number of anilines is 1. The summed E-state index contributed by atoms with van der Waals surface area (Å²) in [7, 11) is 0.